The Morgan fingerprint density at radius 2 is 1.68 bits per heavy atom. The van der Waals surface area contributed by atoms with Gasteiger partial charge in [0.15, 0.2) is 0 Å². The van der Waals surface area contributed by atoms with Crippen LogP contribution in [0.1, 0.15) is 28.9 Å². The minimum Gasteiger partial charge on any atom is -0.454 e. The molecular weight excluding hydrogens is 344 g/mol. The lowest BCUT2D eigenvalue weighted by atomic mass is 10.1. The van der Waals surface area contributed by atoms with Crippen LogP contribution in [0.5, 0.6) is 0 Å². The molecule has 0 bridgehead atoms. The van der Waals surface area contributed by atoms with Gasteiger partial charge < -0.3 is 10.5 Å². The summed E-state index contributed by atoms with van der Waals surface area (Å²) in [6, 6.07) is 14.5. The van der Waals surface area contributed by atoms with Gasteiger partial charge >= 0.3 is 5.97 Å². The molecule has 25 heavy (non-hydrogen) atoms. The lowest BCUT2D eigenvalue weighted by molar-refractivity contribution is -0.116. The maximum absolute atomic E-state index is 12.2. The van der Waals surface area contributed by atoms with Gasteiger partial charge in [0.05, 0.1) is 17.0 Å². The smallest absolute Gasteiger partial charge is 0.338 e. The van der Waals surface area contributed by atoms with Gasteiger partial charge in [-0.1, -0.05) is 30.3 Å². The molecule has 0 unspecified atom stereocenters. The Morgan fingerprint density at radius 1 is 1.08 bits per heavy atom. The molecule has 1 amide bonds. The van der Waals surface area contributed by atoms with Crippen LogP contribution in [-0.2, 0) is 19.6 Å². The molecule has 3 N–H and O–H groups in total. The molecular formula is C17H18N2O5S. The average Bonchev–Trinajstić information content (AvgIpc) is 2.61. The van der Waals surface area contributed by atoms with Gasteiger partial charge in [-0.2, -0.15) is 0 Å². The maximum atomic E-state index is 12.2. The second-order valence-electron chi connectivity index (χ2n) is 5.27. The third-order valence-corrected chi connectivity index (χ3v) is 4.81. The second kappa shape index (κ2) is 7.91. The van der Waals surface area contributed by atoms with Crippen molar-refractivity contribution in [3.63, 3.8) is 0 Å². The number of ether oxygens (including phenoxy) is 1. The summed E-state index contributed by atoms with van der Waals surface area (Å²) in [5.41, 5.74) is 5.98. The van der Waals surface area contributed by atoms with Gasteiger partial charge in [0, 0.05) is 0 Å². The average molecular weight is 362 g/mol. The first kappa shape index (κ1) is 18.6. The molecule has 2 rings (SSSR count). The largest absolute Gasteiger partial charge is 0.454 e. The molecule has 2 aromatic rings. The first-order valence-corrected chi connectivity index (χ1v) is 8.92. The van der Waals surface area contributed by atoms with Crippen molar-refractivity contribution in [2.24, 2.45) is 5.73 Å². The molecule has 0 radical (unpaired) electrons. The third-order valence-electron chi connectivity index (χ3n) is 3.39. The number of carbonyl (C=O) groups is 2. The van der Waals surface area contributed by atoms with Crippen LogP contribution in [0.2, 0.25) is 0 Å². The molecule has 1 atom stereocenters. The minimum absolute atomic E-state index is 0.0820. The number of nitrogens with one attached hydrogen (secondary N) is 1. The zero-order chi connectivity index (χ0) is 18.4. The van der Waals surface area contributed by atoms with E-state index in [0.717, 1.165) is 5.56 Å². The Morgan fingerprint density at radius 3 is 2.24 bits per heavy atom. The number of amides is 1. The summed E-state index contributed by atoms with van der Waals surface area (Å²) in [5, 5.41) is 0. The molecule has 0 spiro atoms. The lowest BCUT2D eigenvalue weighted by Gasteiger charge is -2.13. The molecule has 0 aliphatic rings. The highest BCUT2D eigenvalue weighted by Gasteiger charge is 2.17. The van der Waals surface area contributed by atoms with Crippen molar-refractivity contribution in [1.82, 2.24) is 4.72 Å². The predicted molar refractivity (Wildman–Crippen MR) is 91.1 cm³/mol. The number of primary amides is 1. The molecule has 0 fully saturated rings. The Kier molecular flexibility index (Phi) is 5.89. The molecule has 0 aliphatic carbocycles. The van der Waals surface area contributed by atoms with Gasteiger partial charge in [0.25, 0.3) is 0 Å². The summed E-state index contributed by atoms with van der Waals surface area (Å²) in [6.07, 6.45) is -0.436. The van der Waals surface area contributed by atoms with E-state index in [9.17, 15) is 18.0 Å². The summed E-state index contributed by atoms with van der Waals surface area (Å²) in [7, 11) is -3.87. The molecule has 0 aliphatic heterocycles. The van der Waals surface area contributed by atoms with Crippen molar-refractivity contribution >= 4 is 21.9 Å². The molecule has 0 heterocycles. The number of benzene rings is 2. The first-order chi connectivity index (χ1) is 11.8. The van der Waals surface area contributed by atoms with Crippen LogP contribution in [0.25, 0.3) is 0 Å². The molecule has 7 nitrogen and oxygen atoms in total. The Labute approximate surface area is 145 Å². The molecule has 132 valence electrons. The van der Waals surface area contributed by atoms with Crippen LogP contribution in [-0.4, -0.2) is 26.8 Å². The first-order valence-electron chi connectivity index (χ1n) is 7.43. The van der Waals surface area contributed by atoms with Gasteiger partial charge in [-0.25, -0.2) is 17.9 Å². The van der Waals surface area contributed by atoms with E-state index in [1.807, 2.05) is 30.3 Å². The maximum Gasteiger partial charge on any atom is 0.338 e. The summed E-state index contributed by atoms with van der Waals surface area (Å²) in [4.78, 5) is 22.7. The highest BCUT2D eigenvalue weighted by molar-refractivity contribution is 7.89. The highest BCUT2D eigenvalue weighted by atomic mass is 32.2. The minimum atomic E-state index is -3.87. The van der Waals surface area contributed by atoms with Crippen molar-refractivity contribution in [2.45, 2.75) is 17.9 Å². The summed E-state index contributed by atoms with van der Waals surface area (Å²) in [5.74, 6) is -1.36. The lowest BCUT2D eigenvalue weighted by Crippen LogP contribution is -2.33. The second-order valence-corrected chi connectivity index (χ2v) is 7.04. The van der Waals surface area contributed by atoms with Gasteiger partial charge in [0.2, 0.25) is 15.9 Å². The number of sulfonamides is 1. The van der Waals surface area contributed by atoms with Crippen LogP contribution < -0.4 is 10.5 Å². The van der Waals surface area contributed by atoms with E-state index in [1.54, 1.807) is 6.92 Å². The van der Waals surface area contributed by atoms with Crippen LogP contribution >= 0.6 is 0 Å². The summed E-state index contributed by atoms with van der Waals surface area (Å²) >= 11 is 0. The zero-order valence-electron chi connectivity index (χ0n) is 13.5. The van der Waals surface area contributed by atoms with Gasteiger partial charge in [0.1, 0.15) is 6.10 Å². The van der Waals surface area contributed by atoms with Crippen LogP contribution in [0.3, 0.4) is 0 Å². The Bertz CT molecular complexity index is 848. The topological polar surface area (TPSA) is 116 Å². The molecule has 8 heteroatoms. The number of nitrogens with two attached hydrogens (primary N) is 1. The fourth-order valence-electron chi connectivity index (χ4n) is 2.04. The fourth-order valence-corrected chi connectivity index (χ4v) is 3.03. The Hall–Kier alpha value is -2.71. The van der Waals surface area contributed by atoms with Crippen molar-refractivity contribution in [2.75, 3.05) is 6.54 Å². The molecule has 0 aromatic heterocycles. The van der Waals surface area contributed by atoms with E-state index < -0.39 is 34.5 Å². The SMILES string of the molecule is C[C@@H](OC(=O)c1ccc(S(=O)(=O)NCC(N)=O)cc1)c1ccccc1. The van der Waals surface area contributed by atoms with Gasteiger partial charge in [-0.15, -0.1) is 0 Å². The normalized spacial score (nSPS) is 12.4. The monoisotopic (exact) mass is 362 g/mol. The molecule has 0 saturated carbocycles. The van der Waals surface area contributed by atoms with Gasteiger partial charge in [-0.3, -0.25) is 4.79 Å². The number of carbonyl (C=O) groups excluding carboxylic acids is 2. The molecule has 2 aromatic carbocycles. The third kappa shape index (κ3) is 5.13. The predicted octanol–water partition coefficient (Wildman–Crippen LogP) is 1.37. The van der Waals surface area contributed by atoms with E-state index in [1.165, 1.54) is 24.3 Å². The van der Waals surface area contributed by atoms with Crippen molar-refractivity contribution in [3.8, 4) is 0 Å². The summed E-state index contributed by atoms with van der Waals surface area (Å²) in [6.45, 7) is 1.25. The van der Waals surface area contributed by atoms with Crippen molar-refractivity contribution < 1.29 is 22.7 Å². The van der Waals surface area contributed by atoms with E-state index in [-0.39, 0.29) is 10.5 Å². The Balaban J connectivity index is 2.06. The number of rotatable bonds is 7. The van der Waals surface area contributed by atoms with Crippen LogP contribution in [0.4, 0.5) is 0 Å². The quantitative estimate of drug-likeness (QED) is 0.722. The van der Waals surface area contributed by atoms with Crippen LogP contribution in [0, 0.1) is 0 Å². The zero-order valence-corrected chi connectivity index (χ0v) is 14.3. The number of esters is 1. The van der Waals surface area contributed by atoms with E-state index in [2.05, 4.69) is 4.72 Å². The highest BCUT2D eigenvalue weighted by Crippen LogP contribution is 2.19. The standard InChI is InChI=1S/C17H18N2O5S/c1-12(13-5-3-2-4-6-13)24-17(21)14-7-9-15(10-8-14)25(22,23)19-11-16(18)20/h2-10,12,19H,11H2,1H3,(H2,18,20)/t12-/m1/s1. The number of hydrogen-bond acceptors (Lipinski definition) is 5. The summed E-state index contributed by atoms with van der Waals surface area (Å²) < 4.78 is 31.3. The fraction of sp³-hybridized carbons (Fsp3) is 0.176. The van der Waals surface area contributed by atoms with E-state index in [4.69, 9.17) is 10.5 Å². The van der Waals surface area contributed by atoms with Crippen LogP contribution in [0.15, 0.2) is 59.5 Å². The van der Waals surface area contributed by atoms with Crippen molar-refractivity contribution in [3.05, 3.63) is 65.7 Å². The van der Waals surface area contributed by atoms with E-state index in [0.29, 0.717) is 0 Å². The van der Waals surface area contributed by atoms with Gasteiger partial charge in [-0.05, 0) is 36.8 Å². The number of hydrogen-bond donors (Lipinski definition) is 2. The van der Waals surface area contributed by atoms with Crippen molar-refractivity contribution in [1.29, 1.82) is 0 Å². The van der Waals surface area contributed by atoms with E-state index >= 15 is 0 Å². The molecule has 0 saturated heterocycles.